The number of fused-ring (bicyclic) bond motifs is 5. The summed E-state index contributed by atoms with van der Waals surface area (Å²) >= 11 is 0. The highest BCUT2D eigenvalue weighted by molar-refractivity contribution is 7.96. The topological polar surface area (TPSA) is 0 Å². The maximum atomic E-state index is 2.78. The standard InChI is InChI=1S/C29H51S/c1-20(2)9-8-10-21(3)25-13-14-26-24-12-11-22-19-23(30(6)7)15-17-28(22,4)27(24)16-18-29(25,26)5/h11,20-21,23-27H,8-10,12-19H2,1-7H3/q+1. The van der Waals surface area contributed by atoms with E-state index in [0.29, 0.717) is 21.7 Å². The maximum absolute atomic E-state index is 2.78. The molecule has 4 rings (SSSR count). The van der Waals surface area contributed by atoms with Gasteiger partial charge in [0.2, 0.25) is 0 Å². The first-order valence-electron chi connectivity index (χ1n) is 13.4. The van der Waals surface area contributed by atoms with Crippen molar-refractivity contribution in [3.05, 3.63) is 11.6 Å². The fourth-order valence-corrected chi connectivity index (χ4v) is 10.2. The first kappa shape index (κ1) is 23.3. The zero-order valence-electron chi connectivity index (χ0n) is 21.3. The second-order valence-corrected chi connectivity index (χ2v) is 15.5. The van der Waals surface area contributed by atoms with Gasteiger partial charge in [0.1, 0.15) is 5.25 Å². The summed E-state index contributed by atoms with van der Waals surface area (Å²) < 4.78 is 0. The molecular weight excluding hydrogens is 380 g/mol. The highest BCUT2D eigenvalue weighted by Gasteiger charge is 2.59. The van der Waals surface area contributed by atoms with E-state index in [1.807, 2.05) is 5.57 Å². The molecule has 0 N–H and O–H groups in total. The third-order valence-corrected chi connectivity index (χ3v) is 12.7. The molecule has 172 valence electrons. The SMILES string of the molecule is CC(C)CCCC(C)C1CCC2C3CC=C4CC([S+](C)C)CCC4(C)C3CCC12C. The third kappa shape index (κ3) is 3.97. The lowest BCUT2D eigenvalue weighted by Gasteiger charge is -2.58. The van der Waals surface area contributed by atoms with Crippen molar-refractivity contribution in [1.29, 1.82) is 0 Å². The molecule has 3 fully saturated rings. The lowest BCUT2D eigenvalue weighted by Crippen LogP contribution is -2.51. The Morgan fingerprint density at radius 3 is 2.43 bits per heavy atom. The van der Waals surface area contributed by atoms with Gasteiger partial charge in [-0.3, -0.25) is 0 Å². The van der Waals surface area contributed by atoms with Gasteiger partial charge in [-0.15, -0.1) is 0 Å². The number of allylic oxidation sites excluding steroid dienone is 2. The van der Waals surface area contributed by atoms with Crippen LogP contribution in [-0.4, -0.2) is 17.8 Å². The highest BCUT2D eigenvalue weighted by atomic mass is 32.2. The van der Waals surface area contributed by atoms with Crippen LogP contribution in [0.4, 0.5) is 0 Å². The van der Waals surface area contributed by atoms with Gasteiger partial charge in [0.25, 0.3) is 0 Å². The smallest absolute Gasteiger partial charge is 0.0843 e. The van der Waals surface area contributed by atoms with E-state index in [4.69, 9.17) is 0 Å². The maximum Gasteiger partial charge on any atom is 0.121 e. The predicted molar refractivity (Wildman–Crippen MR) is 136 cm³/mol. The molecule has 0 amide bonds. The molecule has 0 aliphatic heterocycles. The first-order chi connectivity index (χ1) is 14.2. The van der Waals surface area contributed by atoms with Crippen molar-refractivity contribution in [3.8, 4) is 0 Å². The van der Waals surface area contributed by atoms with Gasteiger partial charge < -0.3 is 0 Å². The minimum absolute atomic E-state index is 0.543. The predicted octanol–water partition coefficient (Wildman–Crippen LogP) is 8.27. The second kappa shape index (κ2) is 8.79. The minimum atomic E-state index is 0.543. The average Bonchev–Trinajstić information content (AvgIpc) is 3.04. The molecule has 0 heterocycles. The first-order valence-corrected chi connectivity index (χ1v) is 15.5. The van der Waals surface area contributed by atoms with Crippen LogP contribution < -0.4 is 0 Å². The van der Waals surface area contributed by atoms with Crippen LogP contribution in [0.5, 0.6) is 0 Å². The Hall–Kier alpha value is 0.0900. The van der Waals surface area contributed by atoms with Crippen molar-refractivity contribution in [2.75, 3.05) is 12.5 Å². The molecule has 4 aliphatic carbocycles. The van der Waals surface area contributed by atoms with E-state index in [9.17, 15) is 0 Å². The van der Waals surface area contributed by atoms with Crippen molar-refractivity contribution < 1.29 is 0 Å². The summed E-state index contributed by atoms with van der Waals surface area (Å²) in [6.45, 7) is 12.8. The number of hydrogen-bond acceptors (Lipinski definition) is 0. The summed E-state index contributed by atoms with van der Waals surface area (Å²) in [4.78, 5) is 0. The van der Waals surface area contributed by atoms with E-state index in [-0.39, 0.29) is 0 Å². The van der Waals surface area contributed by atoms with Crippen molar-refractivity contribution in [1.82, 2.24) is 0 Å². The molecular formula is C29H51S+. The van der Waals surface area contributed by atoms with Crippen LogP contribution in [0.15, 0.2) is 11.6 Å². The zero-order chi connectivity index (χ0) is 21.7. The second-order valence-electron chi connectivity index (χ2n) is 13.0. The van der Waals surface area contributed by atoms with E-state index < -0.39 is 0 Å². The molecule has 3 saturated carbocycles. The quantitative estimate of drug-likeness (QED) is 0.293. The molecule has 0 radical (unpaired) electrons. The van der Waals surface area contributed by atoms with Crippen LogP contribution in [0.3, 0.4) is 0 Å². The Kier molecular flexibility index (Phi) is 6.82. The third-order valence-electron chi connectivity index (χ3n) is 10.9. The molecule has 8 unspecified atom stereocenters. The number of rotatable bonds is 6. The van der Waals surface area contributed by atoms with Gasteiger partial charge in [0, 0.05) is 6.42 Å². The van der Waals surface area contributed by atoms with Gasteiger partial charge in [0.05, 0.1) is 12.5 Å². The van der Waals surface area contributed by atoms with Crippen molar-refractivity contribution in [2.24, 2.45) is 46.3 Å². The zero-order valence-corrected chi connectivity index (χ0v) is 22.1. The molecule has 30 heavy (non-hydrogen) atoms. The summed E-state index contributed by atoms with van der Waals surface area (Å²) in [5.41, 5.74) is 3.07. The van der Waals surface area contributed by atoms with Gasteiger partial charge in [-0.2, -0.15) is 0 Å². The normalized spacial score (nSPS) is 44.4. The molecule has 0 nitrogen and oxygen atoms in total. The van der Waals surface area contributed by atoms with Gasteiger partial charge >= 0.3 is 0 Å². The van der Waals surface area contributed by atoms with Crippen LogP contribution in [0.1, 0.15) is 105 Å². The highest BCUT2D eigenvalue weighted by Crippen LogP contribution is 2.67. The number of hydrogen-bond donors (Lipinski definition) is 0. The van der Waals surface area contributed by atoms with Crippen LogP contribution >= 0.6 is 0 Å². The molecule has 8 atom stereocenters. The summed E-state index contributed by atoms with van der Waals surface area (Å²) in [7, 11) is 0.587. The Morgan fingerprint density at radius 2 is 1.73 bits per heavy atom. The molecule has 0 aromatic carbocycles. The lowest BCUT2D eigenvalue weighted by molar-refractivity contribution is -0.0497. The van der Waals surface area contributed by atoms with E-state index in [2.05, 4.69) is 53.2 Å². The minimum Gasteiger partial charge on any atom is -0.0843 e. The molecule has 0 aromatic rings. The average molecular weight is 432 g/mol. The van der Waals surface area contributed by atoms with Crippen LogP contribution in [0.25, 0.3) is 0 Å². The fourth-order valence-electron chi connectivity index (χ4n) is 9.05. The molecule has 1 heteroatoms. The summed E-state index contributed by atoms with van der Waals surface area (Å²) in [6, 6.07) is 0. The largest absolute Gasteiger partial charge is 0.121 e. The van der Waals surface area contributed by atoms with E-state index in [1.54, 1.807) is 0 Å². The van der Waals surface area contributed by atoms with Crippen LogP contribution in [-0.2, 0) is 10.9 Å². The van der Waals surface area contributed by atoms with E-state index in [1.165, 1.54) is 70.6 Å². The van der Waals surface area contributed by atoms with Crippen molar-refractivity contribution in [3.63, 3.8) is 0 Å². The molecule has 0 bridgehead atoms. The Morgan fingerprint density at radius 1 is 0.967 bits per heavy atom. The van der Waals surface area contributed by atoms with Gasteiger partial charge in [-0.1, -0.05) is 65.5 Å². The Labute approximate surface area is 191 Å². The molecule has 0 saturated heterocycles. The fraction of sp³-hybridized carbons (Fsp3) is 0.931. The molecule has 4 aliphatic rings. The van der Waals surface area contributed by atoms with Crippen LogP contribution in [0, 0.1) is 46.3 Å². The summed E-state index contributed by atoms with van der Waals surface area (Å²) in [5.74, 6) is 5.78. The molecule has 0 spiro atoms. The van der Waals surface area contributed by atoms with Crippen LogP contribution in [0.2, 0.25) is 0 Å². The Bertz CT molecular complexity index is 632. The van der Waals surface area contributed by atoms with Gasteiger partial charge in [-0.25, -0.2) is 0 Å². The summed E-state index contributed by atoms with van der Waals surface area (Å²) in [5, 5.41) is 0.970. The van der Waals surface area contributed by atoms with E-state index >= 15 is 0 Å². The van der Waals surface area contributed by atoms with E-state index in [0.717, 1.165) is 40.8 Å². The van der Waals surface area contributed by atoms with Gasteiger partial charge in [-0.05, 0) is 102 Å². The van der Waals surface area contributed by atoms with Gasteiger partial charge in [0.15, 0.2) is 0 Å². The van der Waals surface area contributed by atoms with Crippen molar-refractivity contribution >= 4 is 10.9 Å². The molecule has 0 aromatic heterocycles. The summed E-state index contributed by atoms with van der Waals surface area (Å²) in [6.07, 6.45) is 24.0. The van der Waals surface area contributed by atoms with Crippen molar-refractivity contribution in [2.45, 2.75) is 110 Å². The Balaban J connectivity index is 1.48. The monoisotopic (exact) mass is 431 g/mol. The lowest BCUT2D eigenvalue weighted by atomic mass is 9.47.